The van der Waals surface area contributed by atoms with Crippen molar-refractivity contribution >= 4 is 28.7 Å². The zero-order valence-corrected chi connectivity index (χ0v) is 13.5. The SMILES string of the molecule is Nc1c(Nc2cccc(C(F)(F)F)c2)ncnc1Nc1ccc(F)c(F)c1. The number of hydrogen-bond acceptors (Lipinski definition) is 5. The quantitative estimate of drug-likeness (QED) is 0.564. The van der Waals surface area contributed by atoms with Crippen LogP contribution in [-0.4, -0.2) is 9.97 Å². The van der Waals surface area contributed by atoms with E-state index in [9.17, 15) is 22.0 Å². The van der Waals surface area contributed by atoms with Gasteiger partial charge in [0.2, 0.25) is 0 Å². The normalized spacial score (nSPS) is 11.3. The van der Waals surface area contributed by atoms with Crippen LogP contribution in [0.4, 0.5) is 50.6 Å². The van der Waals surface area contributed by atoms with E-state index in [-0.39, 0.29) is 28.7 Å². The Morgan fingerprint density at radius 2 is 1.44 bits per heavy atom. The molecule has 2 aromatic carbocycles. The summed E-state index contributed by atoms with van der Waals surface area (Å²) in [7, 11) is 0. The average Bonchev–Trinajstić information content (AvgIpc) is 2.61. The van der Waals surface area contributed by atoms with Crippen LogP contribution in [0.25, 0.3) is 0 Å². The molecule has 10 heteroatoms. The fourth-order valence-electron chi connectivity index (χ4n) is 2.22. The number of aromatic nitrogens is 2. The highest BCUT2D eigenvalue weighted by atomic mass is 19.4. The molecule has 0 aliphatic heterocycles. The Morgan fingerprint density at radius 1 is 0.815 bits per heavy atom. The van der Waals surface area contributed by atoms with E-state index >= 15 is 0 Å². The minimum atomic E-state index is -4.49. The number of anilines is 5. The van der Waals surface area contributed by atoms with Gasteiger partial charge in [-0.3, -0.25) is 0 Å². The number of hydrogen-bond donors (Lipinski definition) is 3. The number of nitrogen functional groups attached to an aromatic ring is 1. The molecule has 0 bridgehead atoms. The number of alkyl halides is 3. The van der Waals surface area contributed by atoms with Gasteiger partial charge in [-0.15, -0.1) is 0 Å². The van der Waals surface area contributed by atoms with Gasteiger partial charge in [0.25, 0.3) is 0 Å². The van der Waals surface area contributed by atoms with Crippen molar-refractivity contribution in [3.8, 4) is 0 Å². The Labute approximate surface area is 150 Å². The summed E-state index contributed by atoms with van der Waals surface area (Å²) in [5.41, 5.74) is 5.39. The van der Waals surface area contributed by atoms with E-state index in [1.165, 1.54) is 18.2 Å². The summed E-state index contributed by atoms with van der Waals surface area (Å²) < 4.78 is 64.7. The van der Waals surface area contributed by atoms with Gasteiger partial charge in [-0.05, 0) is 30.3 Å². The highest BCUT2D eigenvalue weighted by Crippen LogP contribution is 2.33. The Hall–Kier alpha value is -3.43. The number of halogens is 5. The predicted molar refractivity (Wildman–Crippen MR) is 90.8 cm³/mol. The summed E-state index contributed by atoms with van der Waals surface area (Å²) in [6, 6.07) is 7.62. The summed E-state index contributed by atoms with van der Waals surface area (Å²) in [5, 5.41) is 5.38. The van der Waals surface area contributed by atoms with E-state index in [1.54, 1.807) is 0 Å². The minimum Gasteiger partial charge on any atom is -0.393 e. The van der Waals surface area contributed by atoms with Crippen molar-refractivity contribution in [3.05, 3.63) is 66.0 Å². The molecular weight excluding hydrogens is 369 g/mol. The van der Waals surface area contributed by atoms with Crippen molar-refractivity contribution in [1.82, 2.24) is 9.97 Å². The molecule has 0 fully saturated rings. The second-order valence-corrected chi connectivity index (χ2v) is 5.44. The van der Waals surface area contributed by atoms with Gasteiger partial charge in [-0.2, -0.15) is 13.2 Å². The molecule has 0 spiro atoms. The third-order valence-corrected chi connectivity index (χ3v) is 3.52. The minimum absolute atomic E-state index is 0.0142. The predicted octanol–water partition coefficient (Wildman–Crippen LogP) is 4.84. The molecule has 1 aromatic heterocycles. The molecule has 0 atom stereocenters. The molecule has 140 valence electrons. The monoisotopic (exact) mass is 381 g/mol. The first-order valence-electron chi connectivity index (χ1n) is 7.51. The molecule has 27 heavy (non-hydrogen) atoms. The van der Waals surface area contributed by atoms with E-state index in [2.05, 4.69) is 20.6 Å². The lowest BCUT2D eigenvalue weighted by Crippen LogP contribution is -2.07. The van der Waals surface area contributed by atoms with Crippen molar-refractivity contribution in [2.45, 2.75) is 6.18 Å². The second kappa shape index (κ2) is 7.06. The first kappa shape index (κ1) is 18.4. The van der Waals surface area contributed by atoms with Crippen molar-refractivity contribution in [3.63, 3.8) is 0 Å². The topological polar surface area (TPSA) is 75.9 Å². The first-order valence-corrected chi connectivity index (χ1v) is 7.51. The maximum absolute atomic E-state index is 13.3. The molecular formula is C17H12F5N5. The van der Waals surface area contributed by atoms with Crippen LogP contribution >= 0.6 is 0 Å². The third-order valence-electron chi connectivity index (χ3n) is 3.52. The zero-order valence-electron chi connectivity index (χ0n) is 13.5. The van der Waals surface area contributed by atoms with E-state index in [0.29, 0.717) is 0 Å². The van der Waals surface area contributed by atoms with Gasteiger partial charge in [0.15, 0.2) is 23.3 Å². The molecule has 0 saturated heterocycles. The molecule has 0 aliphatic rings. The molecule has 0 unspecified atom stereocenters. The summed E-state index contributed by atoms with van der Waals surface area (Å²) in [6.07, 6.45) is -3.37. The Kier molecular flexibility index (Phi) is 4.80. The van der Waals surface area contributed by atoms with Crippen molar-refractivity contribution in [2.24, 2.45) is 0 Å². The van der Waals surface area contributed by atoms with Crippen LogP contribution in [0, 0.1) is 11.6 Å². The molecule has 5 nitrogen and oxygen atoms in total. The number of nitrogens with two attached hydrogens (primary N) is 1. The van der Waals surface area contributed by atoms with Crippen LogP contribution in [0.15, 0.2) is 48.8 Å². The molecule has 4 N–H and O–H groups in total. The molecule has 1 heterocycles. The standard InChI is InChI=1S/C17H12F5N5/c18-12-5-4-11(7-13(12)19)27-16-14(23)15(24-8-25-16)26-10-3-1-2-9(6-10)17(20,21)22/h1-8H,23H2,(H2,24,25,26,27). The molecule has 0 saturated carbocycles. The van der Waals surface area contributed by atoms with Gasteiger partial charge in [-0.1, -0.05) is 6.07 Å². The maximum Gasteiger partial charge on any atom is 0.416 e. The van der Waals surface area contributed by atoms with Gasteiger partial charge < -0.3 is 16.4 Å². The van der Waals surface area contributed by atoms with Gasteiger partial charge >= 0.3 is 6.18 Å². The number of nitrogens with zero attached hydrogens (tertiary/aromatic N) is 2. The molecule has 3 rings (SSSR count). The van der Waals surface area contributed by atoms with Crippen molar-refractivity contribution in [1.29, 1.82) is 0 Å². The highest BCUT2D eigenvalue weighted by Gasteiger charge is 2.30. The fraction of sp³-hybridized carbons (Fsp3) is 0.0588. The maximum atomic E-state index is 13.3. The summed E-state index contributed by atoms with van der Waals surface area (Å²) in [4.78, 5) is 7.80. The highest BCUT2D eigenvalue weighted by molar-refractivity contribution is 5.80. The van der Waals surface area contributed by atoms with Crippen LogP contribution in [0.1, 0.15) is 5.56 Å². The number of nitrogens with one attached hydrogen (secondary N) is 2. The first-order chi connectivity index (χ1) is 12.7. The van der Waals surface area contributed by atoms with Crippen LogP contribution in [-0.2, 0) is 6.18 Å². The van der Waals surface area contributed by atoms with Crippen LogP contribution in [0.5, 0.6) is 0 Å². The van der Waals surface area contributed by atoms with Crippen LogP contribution in [0.3, 0.4) is 0 Å². The van der Waals surface area contributed by atoms with Crippen LogP contribution in [0.2, 0.25) is 0 Å². The average molecular weight is 381 g/mol. The summed E-state index contributed by atoms with van der Waals surface area (Å²) >= 11 is 0. The van der Waals surface area contributed by atoms with E-state index in [1.807, 2.05) is 0 Å². The number of rotatable bonds is 4. The summed E-state index contributed by atoms with van der Waals surface area (Å²) in [5.74, 6) is -1.95. The lowest BCUT2D eigenvalue weighted by atomic mass is 10.2. The second-order valence-electron chi connectivity index (χ2n) is 5.44. The van der Waals surface area contributed by atoms with E-state index in [0.717, 1.165) is 30.6 Å². The van der Waals surface area contributed by atoms with Gasteiger partial charge in [0.05, 0.1) is 5.56 Å². The fourth-order valence-corrected chi connectivity index (χ4v) is 2.22. The molecule has 0 radical (unpaired) electrons. The largest absolute Gasteiger partial charge is 0.416 e. The van der Waals surface area contributed by atoms with Gasteiger partial charge in [0, 0.05) is 17.4 Å². The van der Waals surface area contributed by atoms with Crippen molar-refractivity contribution < 1.29 is 22.0 Å². The lowest BCUT2D eigenvalue weighted by molar-refractivity contribution is -0.137. The lowest BCUT2D eigenvalue weighted by Gasteiger charge is -2.14. The van der Waals surface area contributed by atoms with Crippen molar-refractivity contribution in [2.75, 3.05) is 16.4 Å². The zero-order chi connectivity index (χ0) is 19.6. The summed E-state index contributed by atoms with van der Waals surface area (Å²) in [6.45, 7) is 0. The smallest absolute Gasteiger partial charge is 0.393 e. The Morgan fingerprint density at radius 3 is 2.04 bits per heavy atom. The molecule has 0 amide bonds. The van der Waals surface area contributed by atoms with E-state index < -0.39 is 23.4 Å². The van der Waals surface area contributed by atoms with Crippen LogP contribution < -0.4 is 16.4 Å². The number of benzene rings is 2. The Bertz CT molecular complexity index is 974. The van der Waals surface area contributed by atoms with E-state index in [4.69, 9.17) is 5.73 Å². The third kappa shape index (κ3) is 4.22. The van der Waals surface area contributed by atoms with Gasteiger partial charge in [0.1, 0.15) is 12.0 Å². The Balaban J connectivity index is 1.86. The molecule has 3 aromatic rings. The van der Waals surface area contributed by atoms with Gasteiger partial charge in [-0.25, -0.2) is 18.7 Å². The molecule has 0 aliphatic carbocycles.